The predicted octanol–water partition coefficient (Wildman–Crippen LogP) is 6.02. The highest BCUT2D eigenvalue weighted by atomic mass is 32.2. The van der Waals surface area contributed by atoms with Crippen LogP contribution >= 0.6 is 11.8 Å². The molecule has 0 saturated heterocycles. The molecule has 1 saturated carbocycles. The maximum absolute atomic E-state index is 15.6. The first-order chi connectivity index (χ1) is 20.4. The Kier molecular flexibility index (Phi) is 9.51. The quantitative estimate of drug-likeness (QED) is 0.187. The molecule has 2 aliphatic rings. The van der Waals surface area contributed by atoms with Gasteiger partial charge in [-0.05, 0) is 55.3 Å². The largest absolute Gasteiger partial charge is 0.465 e. The number of thioether (sulfide) groups is 1. The van der Waals surface area contributed by atoms with Crippen molar-refractivity contribution < 1.29 is 36.6 Å². The highest BCUT2D eigenvalue weighted by molar-refractivity contribution is 8.16. The fourth-order valence-corrected chi connectivity index (χ4v) is 8.64. The third-order valence-electron chi connectivity index (χ3n) is 7.76. The van der Waals surface area contributed by atoms with E-state index in [0.29, 0.717) is 13.0 Å². The van der Waals surface area contributed by atoms with Crippen LogP contribution < -0.4 is 0 Å². The SMILES string of the molecule is CN(C)C(=O)[C@]12C[C@H]1[C@@](C)(c1cc(/C=C(\F)S(=O)(=O)c3ccccc3)ccc1F)N=C(N(COCC[Si](C)(C)C)C(=O)O)S2. The number of hydrogen-bond acceptors (Lipinski definition) is 7. The number of fused-ring (bicyclic) bond motifs is 1. The molecule has 1 aliphatic heterocycles. The number of rotatable bonds is 10. The van der Waals surface area contributed by atoms with Crippen molar-refractivity contribution in [2.75, 3.05) is 27.4 Å². The first-order valence-electron chi connectivity index (χ1n) is 14.0. The van der Waals surface area contributed by atoms with Gasteiger partial charge in [-0.2, -0.15) is 4.39 Å². The zero-order chi connectivity index (χ0) is 32.7. The van der Waals surface area contributed by atoms with Crippen molar-refractivity contribution in [1.29, 1.82) is 0 Å². The van der Waals surface area contributed by atoms with Crippen LogP contribution in [0.25, 0.3) is 6.08 Å². The van der Waals surface area contributed by atoms with Crippen molar-refractivity contribution in [2.24, 2.45) is 10.9 Å². The van der Waals surface area contributed by atoms with E-state index in [1.807, 2.05) is 0 Å². The number of hydrogen-bond donors (Lipinski definition) is 1. The molecule has 2 aromatic carbocycles. The molecule has 1 fully saturated rings. The maximum Gasteiger partial charge on any atom is 0.415 e. The lowest BCUT2D eigenvalue weighted by molar-refractivity contribution is -0.129. The van der Waals surface area contributed by atoms with Gasteiger partial charge in [0.15, 0.2) is 5.17 Å². The molecule has 238 valence electrons. The first-order valence-corrected chi connectivity index (χ1v) is 20.0. The predicted molar refractivity (Wildman–Crippen MR) is 170 cm³/mol. The van der Waals surface area contributed by atoms with E-state index < -0.39 is 51.2 Å². The topological polar surface area (TPSA) is 117 Å². The molecular formula is C30H37F2N3O6S2Si. The van der Waals surface area contributed by atoms with Crippen LogP contribution in [0.2, 0.25) is 25.7 Å². The van der Waals surface area contributed by atoms with Crippen LogP contribution in [-0.2, 0) is 24.9 Å². The second-order valence-corrected chi connectivity index (χ2v) is 21.3. The van der Waals surface area contributed by atoms with Gasteiger partial charge in [0.2, 0.25) is 20.9 Å². The number of sulfone groups is 1. The zero-order valence-corrected chi connectivity index (χ0v) is 28.1. The molecule has 0 unspecified atom stereocenters. The van der Waals surface area contributed by atoms with Gasteiger partial charge in [0.1, 0.15) is 17.3 Å². The first kappa shape index (κ1) is 33.8. The summed E-state index contributed by atoms with van der Waals surface area (Å²) in [5.74, 6) is -1.50. The van der Waals surface area contributed by atoms with E-state index in [2.05, 4.69) is 19.6 Å². The molecule has 4 rings (SSSR count). The van der Waals surface area contributed by atoms with Crippen molar-refractivity contribution in [2.45, 2.75) is 54.2 Å². The Bertz CT molecular complexity index is 1610. The molecule has 0 spiro atoms. The summed E-state index contributed by atoms with van der Waals surface area (Å²) in [4.78, 5) is 32.7. The van der Waals surface area contributed by atoms with Gasteiger partial charge in [0.05, 0.1) is 10.4 Å². The minimum Gasteiger partial charge on any atom is -0.465 e. The minimum absolute atomic E-state index is 0.0163. The number of nitrogens with zero attached hydrogens (tertiary/aromatic N) is 3. The number of amidine groups is 1. The molecule has 0 aromatic heterocycles. The van der Waals surface area contributed by atoms with Gasteiger partial charge in [-0.1, -0.05) is 55.7 Å². The second kappa shape index (κ2) is 12.4. The number of amides is 2. The Morgan fingerprint density at radius 1 is 1.18 bits per heavy atom. The molecule has 3 atom stereocenters. The zero-order valence-electron chi connectivity index (χ0n) is 25.5. The van der Waals surface area contributed by atoms with Gasteiger partial charge in [-0.25, -0.2) is 22.5 Å². The second-order valence-electron chi connectivity index (χ2n) is 12.6. The number of aliphatic imine (C=N–C) groups is 1. The van der Waals surface area contributed by atoms with Gasteiger partial charge >= 0.3 is 6.09 Å². The lowest BCUT2D eigenvalue weighted by atomic mass is 9.84. The maximum atomic E-state index is 15.6. The summed E-state index contributed by atoms with van der Waals surface area (Å²) >= 11 is 1.02. The molecule has 2 aromatic rings. The average molecular weight is 666 g/mol. The molecular weight excluding hydrogens is 629 g/mol. The molecule has 1 N–H and O–H groups in total. The van der Waals surface area contributed by atoms with Crippen LogP contribution in [0.1, 0.15) is 24.5 Å². The monoisotopic (exact) mass is 665 g/mol. The fraction of sp³-hybridized carbons (Fsp3) is 0.433. The molecule has 14 heteroatoms. The third-order valence-corrected chi connectivity index (χ3v) is 12.5. The molecule has 9 nitrogen and oxygen atoms in total. The molecule has 0 bridgehead atoms. The summed E-state index contributed by atoms with van der Waals surface area (Å²) < 4.78 is 60.9. The molecule has 2 amide bonds. The van der Waals surface area contributed by atoms with Gasteiger partial charge in [-0.15, -0.1) is 0 Å². The van der Waals surface area contributed by atoms with E-state index in [9.17, 15) is 23.1 Å². The van der Waals surface area contributed by atoms with E-state index >= 15 is 8.78 Å². The Morgan fingerprint density at radius 2 is 1.84 bits per heavy atom. The van der Waals surface area contributed by atoms with Crippen molar-refractivity contribution in [3.63, 3.8) is 0 Å². The Hall–Kier alpha value is -3.07. The summed E-state index contributed by atoms with van der Waals surface area (Å²) in [5, 5.41) is 8.67. The van der Waals surface area contributed by atoms with Crippen LogP contribution in [-0.4, -0.2) is 80.7 Å². The van der Waals surface area contributed by atoms with Crippen molar-refractivity contribution in [1.82, 2.24) is 9.80 Å². The molecule has 0 radical (unpaired) electrons. The van der Waals surface area contributed by atoms with Crippen molar-refractivity contribution in [3.05, 3.63) is 70.6 Å². The summed E-state index contributed by atoms with van der Waals surface area (Å²) in [6.07, 6.45) is -0.250. The Morgan fingerprint density at radius 3 is 2.43 bits per heavy atom. The number of ether oxygens (including phenoxy) is 1. The highest BCUT2D eigenvalue weighted by Crippen LogP contribution is 2.67. The normalized spacial score (nSPS) is 23.4. The molecule has 1 heterocycles. The van der Waals surface area contributed by atoms with Crippen LogP contribution in [0.4, 0.5) is 13.6 Å². The number of carbonyl (C=O) groups is 2. The summed E-state index contributed by atoms with van der Waals surface area (Å²) in [6.45, 7) is 8.14. The van der Waals surface area contributed by atoms with E-state index in [-0.39, 0.29) is 33.8 Å². The summed E-state index contributed by atoms with van der Waals surface area (Å²) in [6, 6.07) is 11.5. The third kappa shape index (κ3) is 6.77. The molecule has 1 aliphatic carbocycles. The van der Waals surface area contributed by atoms with Gasteiger partial charge < -0.3 is 14.7 Å². The average Bonchev–Trinajstić information content (AvgIpc) is 3.70. The molecule has 44 heavy (non-hydrogen) atoms. The number of halogens is 2. The number of carboxylic acid groups (broad SMARTS) is 1. The lowest BCUT2D eigenvalue weighted by Crippen LogP contribution is -2.47. The van der Waals surface area contributed by atoms with Gasteiger partial charge in [0.25, 0.3) is 0 Å². The van der Waals surface area contributed by atoms with Crippen LogP contribution in [0, 0.1) is 11.7 Å². The minimum atomic E-state index is -4.45. The van der Waals surface area contributed by atoms with Crippen LogP contribution in [0.15, 0.2) is 63.6 Å². The van der Waals surface area contributed by atoms with Crippen LogP contribution in [0.3, 0.4) is 0 Å². The highest BCUT2D eigenvalue weighted by Gasteiger charge is 2.71. The Balaban J connectivity index is 1.77. The smallest absolute Gasteiger partial charge is 0.415 e. The van der Waals surface area contributed by atoms with Gasteiger partial charge in [0, 0.05) is 40.3 Å². The Labute approximate surface area is 261 Å². The standard InChI is InChI=1S/C30H37F2N3O6S2Si/c1-29(22-16-20(12-13-23(22)31)17-25(32)43(39,40)21-10-8-7-9-11-21)24-18-30(24,26(36)34(2)3)42-27(33-29)35(28(37)38)19-41-14-15-44(4,5)6/h7-13,16-17,24H,14-15,18-19H2,1-6H3,(H,37,38)/b25-17+/t24-,29+,30-/m0/s1. The number of carbonyl (C=O) groups excluding carboxylic acids is 1. The van der Waals surface area contributed by atoms with Crippen molar-refractivity contribution >= 4 is 52.9 Å². The van der Waals surface area contributed by atoms with Crippen LogP contribution in [0.5, 0.6) is 0 Å². The summed E-state index contributed by atoms with van der Waals surface area (Å²) in [5.41, 5.74) is -1.40. The summed E-state index contributed by atoms with van der Waals surface area (Å²) in [7, 11) is -2.72. The van der Waals surface area contributed by atoms with E-state index in [0.717, 1.165) is 34.8 Å². The van der Waals surface area contributed by atoms with E-state index in [4.69, 9.17) is 9.73 Å². The number of benzene rings is 2. The van der Waals surface area contributed by atoms with E-state index in [1.54, 1.807) is 27.1 Å². The van der Waals surface area contributed by atoms with Gasteiger partial charge in [-0.3, -0.25) is 9.79 Å². The lowest BCUT2D eigenvalue weighted by Gasteiger charge is -2.37. The van der Waals surface area contributed by atoms with Crippen molar-refractivity contribution in [3.8, 4) is 0 Å². The van der Waals surface area contributed by atoms with E-state index in [1.165, 1.54) is 41.3 Å². The fourth-order valence-electron chi connectivity index (χ4n) is 5.16.